The van der Waals surface area contributed by atoms with E-state index in [0.29, 0.717) is 19.3 Å². The summed E-state index contributed by atoms with van der Waals surface area (Å²) in [6.07, 6.45) is 91.3. The van der Waals surface area contributed by atoms with Crippen LogP contribution in [0.4, 0.5) is 0 Å². The monoisotopic (exact) mass is 1110 g/mol. The van der Waals surface area contributed by atoms with Crippen molar-refractivity contribution in [3.05, 3.63) is 97.2 Å². The molecule has 0 saturated heterocycles. The third-order valence-corrected chi connectivity index (χ3v) is 14.8. The van der Waals surface area contributed by atoms with Crippen molar-refractivity contribution in [1.29, 1.82) is 0 Å². The minimum atomic E-state index is -0.787. The van der Waals surface area contributed by atoms with E-state index in [0.717, 1.165) is 103 Å². The molecule has 1 unspecified atom stereocenters. The highest BCUT2D eigenvalue weighted by atomic mass is 16.6. The maximum absolute atomic E-state index is 12.9. The van der Waals surface area contributed by atoms with E-state index in [1.807, 2.05) is 0 Å². The van der Waals surface area contributed by atoms with Crippen molar-refractivity contribution < 1.29 is 28.6 Å². The Kier molecular flexibility index (Phi) is 64.7. The van der Waals surface area contributed by atoms with Crippen LogP contribution in [-0.4, -0.2) is 37.2 Å². The van der Waals surface area contributed by atoms with Crippen molar-refractivity contribution in [1.82, 2.24) is 0 Å². The first kappa shape index (κ1) is 76.3. The summed E-state index contributed by atoms with van der Waals surface area (Å²) in [6, 6.07) is 0. The molecule has 6 nitrogen and oxygen atoms in total. The molecular weight excluding hydrogens is 985 g/mol. The van der Waals surface area contributed by atoms with Gasteiger partial charge in [-0.1, -0.05) is 291 Å². The summed E-state index contributed by atoms with van der Waals surface area (Å²) in [7, 11) is 0. The number of hydrogen-bond acceptors (Lipinski definition) is 6. The predicted octanol–water partition coefficient (Wildman–Crippen LogP) is 23.6. The zero-order valence-electron chi connectivity index (χ0n) is 52.8. The third kappa shape index (κ3) is 65.1. The van der Waals surface area contributed by atoms with Crippen molar-refractivity contribution in [2.24, 2.45) is 0 Å². The molecule has 0 aliphatic carbocycles. The lowest BCUT2D eigenvalue weighted by atomic mass is 10.0. The number of esters is 3. The molecule has 0 aromatic heterocycles. The minimum Gasteiger partial charge on any atom is -0.462 e. The molecule has 0 amide bonds. The van der Waals surface area contributed by atoms with Crippen molar-refractivity contribution >= 4 is 17.9 Å². The summed E-state index contributed by atoms with van der Waals surface area (Å²) in [4.78, 5) is 38.4. The smallest absolute Gasteiger partial charge is 0.306 e. The van der Waals surface area contributed by atoms with E-state index in [-0.39, 0.29) is 31.1 Å². The highest BCUT2D eigenvalue weighted by Gasteiger charge is 2.19. The van der Waals surface area contributed by atoms with E-state index in [1.54, 1.807) is 0 Å². The standard InChI is InChI=1S/C74H128O6/c1-4-7-10-13-16-19-22-25-28-31-33-34-35-36-37-38-39-40-41-44-46-49-52-55-58-61-64-67-73(76)79-70-71(69-78-72(75)66-63-60-57-54-51-48-45-42-30-27-24-21-18-15-12-9-6-3)80-74(77)68-65-62-59-56-53-50-47-43-32-29-26-23-20-17-14-11-8-5-2/h7,10,16,19-20,23,25,27-30,32-34,36-37,71H,4-6,8-9,11-15,17-18,21-22,24,26,31,35,38-70H2,1-3H3/b10-7-,19-16-,23-20-,28-25-,30-27-,32-29-,34-33-,37-36-. The summed E-state index contributed by atoms with van der Waals surface area (Å²) in [5.41, 5.74) is 0. The Hall–Kier alpha value is -3.67. The number of hydrogen-bond donors (Lipinski definition) is 0. The number of carbonyl (C=O) groups excluding carboxylic acids is 3. The Balaban J connectivity index is 4.35. The first-order valence-corrected chi connectivity index (χ1v) is 34.2. The molecule has 0 radical (unpaired) electrons. The highest BCUT2D eigenvalue weighted by molar-refractivity contribution is 5.71. The van der Waals surface area contributed by atoms with E-state index in [1.165, 1.54) is 193 Å². The van der Waals surface area contributed by atoms with Gasteiger partial charge in [0.05, 0.1) is 0 Å². The summed E-state index contributed by atoms with van der Waals surface area (Å²) in [5.74, 6) is -0.883. The van der Waals surface area contributed by atoms with E-state index >= 15 is 0 Å². The van der Waals surface area contributed by atoms with Crippen molar-refractivity contribution in [3.63, 3.8) is 0 Å². The van der Waals surface area contributed by atoms with Crippen molar-refractivity contribution in [2.45, 2.75) is 341 Å². The number of unbranched alkanes of at least 4 members (excludes halogenated alkanes) is 35. The molecule has 0 aliphatic heterocycles. The van der Waals surface area contributed by atoms with Gasteiger partial charge in [-0.05, 0) is 122 Å². The van der Waals surface area contributed by atoms with E-state index in [9.17, 15) is 14.4 Å². The second kappa shape index (κ2) is 67.8. The second-order valence-corrected chi connectivity index (χ2v) is 22.7. The highest BCUT2D eigenvalue weighted by Crippen LogP contribution is 2.16. The van der Waals surface area contributed by atoms with E-state index in [2.05, 4.69) is 118 Å². The molecule has 0 spiro atoms. The van der Waals surface area contributed by atoms with Gasteiger partial charge >= 0.3 is 17.9 Å². The third-order valence-electron chi connectivity index (χ3n) is 14.8. The van der Waals surface area contributed by atoms with Gasteiger partial charge in [0.15, 0.2) is 6.10 Å². The largest absolute Gasteiger partial charge is 0.462 e. The fourth-order valence-corrected chi connectivity index (χ4v) is 9.67. The zero-order chi connectivity index (χ0) is 57.8. The number of allylic oxidation sites excluding steroid dienone is 16. The molecule has 0 heterocycles. The van der Waals surface area contributed by atoms with Gasteiger partial charge in [0, 0.05) is 19.3 Å². The molecule has 0 aromatic carbocycles. The van der Waals surface area contributed by atoms with Gasteiger partial charge in [-0.2, -0.15) is 0 Å². The van der Waals surface area contributed by atoms with Gasteiger partial charge in [0.25, 0.3) is 0 Å². The van der Waals surface area contributed by atoms with Crippen LogP contribution in [0.5, 0.6) is 0 Å². The Morgan fingerprint density at radius 1 is 0.263 bits per heavy atom. The Bertz CT molecular complexity index is 1560. The average molecular weight is 1110 g/mol. The molecule has 0 saturated carbocycles. The van der Waals surface area contributed by atoms with Crippen molar-refractivity contribution in [2.75, 3.05) is 13.2 Å². The molecule has 1 atom stereocenters. The van der Waals surface area contributed by atoms with Crippen molar-refractivity contribution in [3.8, 4) is 0 Å². The molecule has 0 aromatic rings. The second-order valence-electron chi connectivity index (χ2n) is 22.7. The number of ether oxygens (including phenoxy) is 3. The fraction of sp³-hybridized carbons (Fsp3) is 0.743. The maximum Gasteiger partial charge on any atom is 0.306 e. The Morgan fingerprint density at radius 2 is 0.487 bits per heavy atom. The molecule has 0 bridgehead atoms. The topological polar surface area (TPSA) is 78.9 Å². The van der Waals surface area contributed by atoms with E-state index in [4.69, 9.17) is 14.2 Å². The van der Waals surface area contributed by atoms with Gasteiger partial charge in [-0.15, -0.1) is 0 Å². The van der Waals surface area contributed by atoms with Crippen LogP contribution in [0.25, 0.3) is 0 Å². The Labute approximate surface area is 496 Å². The first-order chi connectivity index (χ1) is 39.5. The molecule has 80 heavy (non-hydrogen) atoms. The molecule has 6 heteroatoms. The summed E-state index contributed by atoms with van der Waals surface area (Å²) in [6.45, 7) is 6.53. The fourth-order valence-electron chi connectivity index (χ4n) is 9.67. The lowest BCUT2D eigenvalue weighted by molar-refractivity contribution is -0.167. The minimum absolute atomic E-state index is 0.0820. The van der Waals surface area contributed by atoms with Crippen LogP contribution >= 0.6 is 0 Å². The van der Waals surface area contributed by atoms with Gasteiger partial charge < -0.3 is 14.2 Å². The maximum atomic E-state index is 12.9. The average Bonchev–Trinajstić information content (AvgIpc) is 3.46. The predicted molar refractivity (Wildman–Crippen MR) is 348 cm³/mol. The van der Waals surface area contributed by atoms with E-state index < -0.39 is 6.10 Å². The molecule has 0 N–H and O–H groups in total. The normalized spacial score (nSPS) is 12.7. The van der Waals surface area contributed by atoms with Crippen LogP contribution in [0, 0.1) is 0 Å². The lowest BCUT2D eigenvalue weighted by Gasteiger charge is -2.18. The SMILES string of the molecule is CC/C=C\C/C=C\C/C=C\C/C=C\C/C=C\CCCCCCCCCCCCCC(=O)OCC(COC(=O)CCCCCCCCC/C=C\CCCCCCCC)OC(=O)CCCCCCCCC/C=C\C/C=C\CCCCCC. The number of carbonyl (C=O) groups is 3. The van der Waals surface area contributed by atoms with Crippen LogP contribution in [0.3, 0.4) is 0 Å². The number of rotatable bonds is 62. The molecule has 0 fully saturated rings. The summed E-state index contributed by atoms with van der Waals surface area (Å²) in [5, 5.41) is 0. The first-order valence-electron chi connectivity index (χ1n) is 34.2. The van der Waals surface area contributed by atoms with Gasteiger partial charge in [-0.25, -0.2) is 0 Å². The summed E-state index contributed by atoms with van der Waals surface area (Å²) >= 11 is 0. The van der Waals surface area contributed by atoms with Crippen LogP contribution in [-0.2, 0) is 28.6 Å². The molecule has 460 valence electrons. The van der Waals surface area contributed by atoms with Gasteiger partial charge in [-0.3, -0.25) is 14.4 Å². The molecule has 0 rings (SSSR count). The quantitative estimate of drug-likeness (QED) is 0.0261. The van der Waals surface area contributed by atoms with Crippen LogP contribution in [0.15, 0.2) is 97.2 Å². The zero-order valence-corrected chi connectivity index (χ0v) is 52.8. The summed E-state index contributed by atoms with van der Waals surface area (Å²) < 4.78 is 17.0. The van der Waals surface area contributed by atoms with Gasteiger partial charge in [0.2, 0.25) is 0 Å². The van der Waals surface area contributed by atoms with Crippen LogP contribution in [0.1, 0.15) is 335 Å². The Morgan fingerprint density at radius 3 is 0.787 bits per heavy atom. The van der Waals surface area contributed by atoms with Gasteiger partial charge in [0.1, 0.15) is 13.2 Å². The molecular formula is C74H128O6. The van der Waals surface area contributed by atoms with Crippen LogP contribution < -0.4 is 0 Å². The van der Waals surface area contributed by atoms with Crippen LogP contribution in [0.2, 0.25) is 0 Å². The lowest BCUT2D eigenvalue weighted by Crippen LogP contribution is -2.30. The molecule has 0 aliphatic rings.